The van der Waals surface area contributed by atoms with E-state index in [1.807, 2.05) is 30.3 Å². The van der Waals surface area contributed by atoms with E-state index in [1.54, 1.807) is 0 Å². The van der Waals surface area contributed by atoms with Gasteiger partial charge in [-0.25, -0.2) is 0 Å². The van der Waals surface area contributed by atoms with E-state index in [2.05, 4.69) is 45.5 Å². The van der Waals surface area contributed by atoms with Gasteiger partial charge in [0.2, 0.25) is 5.91 Å². The van der Waals surface area contributed by atoms with Crippen molar-refractivity contribution < 1.29 is 4.79 Å². The van der Waals surface area contributed by atoms with Crippen LogP contribution in [0.1, 0.15) is 44.9 Å². The molecule has 1 amide bonds. The third-order valence-corrected chi connectivity index (χ3v) is 7.85. The molecule has 4 aliphatic rings. The number of hydrogen-bond acceptors (Lipinski definition) is 1. The second kappa shape index (κ2) is 6.48. The third kappa shape index (κ3) is 3.47. The summed E-state index contributed by atoms with van der Waals surface area (Å²) in [5, 5.41) is 3.15. The molecule has 0 radical (unpaired) electrons. The monoisotopic (exact) mass is 423 g/mol. The molecule has 2 unspecified atom stereocenters. The summed E-state index contributed by atoms with van der Waals surface area (Å²) >= 11 is 4.05. The zero-order chi connectivity index (χ0) is 18.5. The minimum Gasteiger partial charge on any atom is -0.326 e. The van der Waals surface area contributed by atoms with Crippen molar-refractivity contribution in [1.82, 2.24) is 0 Å². The Morgan fingerprint density at radius 3 is 2.19 bits per heavy atom. The van der Waals surface area contributed by atoms with Gasteiger partial charge in [0.25, 0.3) is 0 Å². The van der Waals surface area contributed by atoms with Crippen molar-refractivity contribution in [3.05, 3.63) is 54.6 Å². The Kier molecular flexibility index (Phi) is 4.19. The molecule has 4 saturated carbocycles. The SMILES string of the molecule is O=C(CC12C[C@@H]3C[C@@H](CC(Br)(C3)C1)C2)Nc1ccc(-c2ccccc2)cc1. The van der Waals surface area contributed by atoms with Crippen LogP contribution in [0, 0.1) is 17.3 Å². The zero-order valence-corrected chi connectivity index (χ0v) is 17.2. The molecule has 0 spiro atoms. The molecule has 4 atom stereocenters. The molecule has 0 aromatic heterocycles. The summed E-state index contributed by atoms with van der Waals surface area (Å²) in [6.45, 7) is 0. The summed E-state index contributed by atoms with van der Waals surface area (Å²) < 4.78 is 0.314. The number of rotatable bonds is 4. The number of anilines is 1. The Hall–Kier alpha value is -1.61. The van der Waals surface area contributed by atoms with Gasteiger partial charge < -0.3 is 5.32 Å². The van der Waals surface area contributed by atoms with Gasteiger partial charge in [0, 0.05) is 16.4 Å². The number of halogens is 1. The number of carbonyl (C=O) groups is 1. The quantitative estimate of drug-likeness (QED) is 0.564. The van der Waals surface area contributed by atoms with E-state index in [9.17, 15) is 4.79 Å². The molecular weight excluding hydrogens is 398 g/mol. The molecular formula is C24H26BrNO. The van der Waals surface area contributed by atoms with E-state index in [4.69, 9.17) is 0 Å². The Labute approximate surface area is 169 Å². The Morgan fingerprint density at radius 1 is 0.926 bits per heavy atom. The average Bonchev–Trinajstić information content (AvgIpc) is 2.60. The van der Waals surface area contributed by atoms with E-state index < -0.39 is 0 Å². The minimum absolute atomic E-state index is 0.181. The molecule has 1 N–H and O–H groups in total. The lowest BCUT2D eigenvalue weighted by molar-refractivity contribution is -0.123. The summed E-state index contributed by atoms with van der Waals surface area (Å²) in [5.74, 6) is 1.83. The molecule has 6 rings (SSSR count). The predicted octanol–water partition coefficient (Wildman–Crippen LogP) is 6.42. The van der Waals surface area contributed by atoms with Crippen molar-refractivity contribution >= 4 is 27.5 Å². The Balaban J connectivity index is 1.26. The second-order valence-corrected chi connectivity index (χ2v) is 11.0. The highest BCUT2D eigenvalue weighted by Crippen LogP contribution is 2.65. The van der Waals surface area contributed by atoms with Gasteiger partial charge in [0.15, 0.2) is 0 Å². The maximum Gasteiger partial charge on any atom is 0.224 e. The lowest BCUT2D eigenvalue weighted by Crippen LogP contribution is -2.53. The van der Waals surface area contributed by atoms with Gasteiger partial charge in [-0.2, -0.15) is 0 Å². The molecule has 4 aliphatic carbocycles. The minimum atomic E-state index is 0.181. The van der Waals surface area contributed by atoms with Crippen molar-refractivity contribution in [2.75, 3.05) is 5.32 Å². The van der Waals surface area contributed by atoms with Crippen LogP contribution in [0.4, 0.5) is 5.69 Å². The number of benzene rings is 2. The number of amides is 1. The summed E-state index contributed by atoms with van der Waals surface area (Å²) in [6, 6.07) is 18.6. The standard InChI is InChI=1S/C24H26BrNO/c25-24-13-17-10-18(14-24)12-23(11-17,16-24)15-22(27)26-21-8-6-20(7-9-21)19-4-2-1-3-5-19/h1-9,17-18H,10-16H2,(H,26,27)/t17-,18+,23?,24?. The fourth-order valence-electron chi connectivity index (χ4n) is 6.47. The summed E-state index contributed by atoms with van der Waals surface area (Å²) in [7, 11) is 0. The topological polar surface area (TPSA) is 29.1 Å². The molecule has 4 fully saturated rings. The largest absolute Gasteiger partial charge is 0.326 e. The van der Waals surface area contributed by atoms with Crippen molar-refractivity contribution in [1.29, 1.82) is 0 Å². The van der Waals surface area contributed by atoms with Crippen LogP contribution in [0.15, 0.2) is 54.6 Å². The molecule has 2 nitrogen and oxygen atoms in total. The highest BCUT2D eigenvalue weighted by molar-refractivity contribution is 9.10. The molecule has 2 aromatic carbocycles. The van der Waals surface area contributed by atoms with E-state index in [-0.39, 0.29) is 11.3 Å². The van der Waals surface area contributed by atoms with Crippen molar-refractivity contribution in [3.63, 3.8) is 0 Å². The highest BCUT2D eigenvalue weighted by Gasteiger charge is 2.57. The van der Waals surface area contributed by atoms with Gasteiger partial charge in [-0.1, -0.05) is 58.4 Å². The number of alkyl halides is 1. The van der Waals surface area contributed by atoms with Crippen molar-refractivity contribution in [2.24, 2.45) is 17.3 Å². The molecule has 2 aromatic rings. The number of nitrogens with one attached hydrogen (secondary N) is 1. The van der Waals surface area contributed by atoms with Crippen LogP contribution >= 0.6 is 15.9 Å². The van der Waals surface area contributed by atoms with Gasteiger partial charge >= 0.3 is 0 Å². The molecule has 140 valence electrons. The van der Waals surface area contributed by atoms with Crippen LogP contribution in [-0.4, -0.2) is 10.2 Å². The molecule has 0 heterocycles. The lowest BCUT2D eigenvalue weighted by Gasteiger charge is -2.60. The third-order valence-electron chi connectivity index (χ3n) is 6.92. The van der Waals surface area contributed by atoms with Crippen LogP contribution in [-0.2, 0) is 4.79 Å². The second-order valence-electron chi connectivity index (χ2n) is 9.28. The van der Waals surface area contributed by atoms with Gasteiger partial charge in [-0.15, -0.1) is 0 Å². The lowest BCUT2D eigenvalue weighted by atomic mass is 9.48. The maximum absolute atomic E-state index is 12.8. The first-order valence-electron chi connectivity index (χ1n) is 10.2. The highest BCUT2D eigenvalue weighted by atomic mass is 79.9. The molecule has 3 heteroatoms. The Bertz CT molecular complexity index is 830. The van der Waals surface area contributed by atoms with E-state index in [0.717, 1.165) is 17.5 Å². The van der Waals surface area contributed by atoms with Gasteiger partial charge in [0.1, 0.15) is 0 Å². The van der Waals surface area contributed by atoms with E-state index >= 15 is 0 Å². The van der Waals surface area contributed by atoms with Crippen LogP contribution < -0.4 is 5.32 Å². The van der Waals surface area contributed by atoms with Crippen LogP contribution in [0.3, 0.4) is 0 Å². The fourth-order valence-corrected chi connectivity index (χ4v) is 7.98. The first-order valence-corrected chi connectivity index (χ1v) is 10.9. The maximum atomic E-state index is 12.8. The van der Waals surface area contributed by atoms with Gasteiger partial charge in [-0.05, 0) is 79.0 Å². The summed E-state index contributed by atoms with van der Waals surface area (Å²) in [6.07, 6.45) is 8.36. The smallest absolute Gasteiger partial charge is 0.224 e. The zero-order valence-electron chi connectivity index (χ0n) is 15.6. The van der Waals surface area contributed by atoms with Crippen LogP contribution in [0.25, 0.3) is 11.1 Å². The van der Waals surface area contributed by atoms with Crippen LogP contribution in [0.2, 0.25) is 0 Å². The number of hydrogen-bond donors (Lipinski definition) is 1. The number of carbonyl (C=O) groups excluding carboxylic acids is 1. The fraction of sp³-hybridized carbons (Fsp3) is 0.458. The van der Waals surface area contributed by atoms with Crippen molar-refractivity contribution in [2.45, 2.75) is 49.3 Å². The summed E-state index contributed by atoms with van der Waals surface area (Å²) in [5.41, 5.74) is 3.50. The first kappa shape index (κ1) is 17.5. The van der Waals surface area contributed by atoms with E-state index in [1.165, 1.54) is 49.7 Å². The average molecular weight is 424 g/mol. The van der Waals surface area contributed by atoms with E-state index in [0.29, 0.717) is 10.7 Å². The van der Waals surface area contributed by atoms with Gasteiger partial charge in [-0.3, -0.25) is 4.79 Å². The summed E-state index contributed by atoms with van der Waals surface area (Å²) in [4.78, 5) is 12.8. The molecule has 0 aliphatic heterocycles. The molecule has 0 saturated heterocycles. The van der Waals surface area contributed by atoms with Crippen molar-refractivity contribution in [3.8, 4) is 11.1 Å². The molecule has 27 heavy (non-hydrogen) atoms. The first-order chi connectivity index (χ1) is 13.0. The normalized spacial score (nSPS) is 33.8. The molecule has 4 bridgehead atoms. The van der Waals surface area contributed by atoms with Crippen LogP contribution in [0.5, 0.6) is 0 Å². The van der Waals surface area contributed by atoms with Gasteiger partial charge in [0.05, 0.1) is 0 Å². The Morgan fingerprint density at radius 2 is 1.56 bits per heavy atom. The predicted molar refractivity (Wildman–Crippen MR) is 114 cm³/mol.